The summed E-state index contributed by atoms with van der Waals surface area (Å²) in [4.78, 5) is 2.77. The van der Waals surface area contributed by atoms with Crippen molar-refractivity contribution >= 4 is 11.3 Å². The van der Waals surface area contributed by atoms with Gasteiger partial charge in [0, 0.05) is 9.75 Å². The molecule has 1 heterocycles. The standard InChI is InChI=1S/C16H21NS/c1-5-17-16(15-9-7-13(4)18-15)14-8-6-11(2)12(3)10-14/h6-10,16-17H,5H2,1-4H3. The van der Waals surface area contributed by atoms with Crippen LogP contribution in [0, 0.1) is 20.8 Å². The fraction of sp³-hybridized carbons (Fsp3) is 0.375. The summed E-state index contributed by atoms with van der Waals surface area (Å²) in [6.07, 6.45) is 0. The molecule has 0 aliphatic heterocycles. The Morgan fingerprint density at radius 3 is 2.39 bits per heavy atom. The minimum atomic E-state index is 0.327. The van der Waals surface area contributed by atoms with Crippen molar-refractivity contribution in [3.8, 4) is 0 Å². The molecule has 0 saturated carbocycles. The lowest BCUT2D eigenvalue weighted by Crippen LogP contribution is -2.21. The van der Waals surface area contributed by atoms with Gasteiger partial charge in [0.25, 0.3) is 0 Å². The van der Waals surface area contributed by atoms with E-state index < -0.39 is 0 Å². The Balaban J connectivity index is 2.37. The van der Waals surface area contributed by atoms with Crippen LogP contribution in [-0.4, -0.2) is 6.54 Å². The topological polar surface area (TPSA) is 12.0 Å². The number of hydrogen-bond acceptors (Lipinski definition) is 2. The third-order valence-electron chi connectivity index (χ3n) is 3.32. The van der Waals surface area contributed by atoms with Crippen LogP contribution >= 0.6 is 11.3 Å². The van der Waals surface area contributed by atoms with Gasteiger partial charge in [-0.3, -0.25) is 0 Å². The molecule has 1 N–H and O–H groups in total. The molecule has 0 saturated heterocycles. The second kappa shape index (κ2) is 5.68. The first-order valence-corrected chi connectivity index (χ1v) is 7.30. The first kappa shape index (κ1) is 13.3. The maximum absolute atomic E-state index is 3.59. The van der Waals surface area contributed by atoms with Crippen molar-refractivity contribution in [1.29, 1.82) is 0 Å². The van der Waals surface area contributed by atoms with Crippen LogP contribution < -0.4 is 5.32 Å². The van der Waals surface area contributed by atoms with Crippen molar-refractivity contribution in [2.75, 3.05) is 6.54 Å². The van der Waals surface area contributed by atoms with Crippen molar-refractivity contribution < 1.29 is 0 Å². The molecule has 96 valence electrons. The van der Waals surface area contributed by atoms with Crippen LogP contribution in [0.1, 0.15) is 39.4 Å². The van der Waals surface area contributed by atoms with Gasteiger partial charge in [-0.05, 0) is 56.1 Å². The largest absolute Gasteiger partial charge is 0.306 e. The highest BCUT2D eigenvalue weighted by atomic mass is 32.1. The molecule has 1 nitrogen and oxygen atoms in total. The maximum Gasteiger partial charge on any atom is 0.0671 e. The Hall–Kier alpha value is -1.12. The first-order chi connectivity index (χ1) is 8.61. The predicted molar refractivity (Wildman–Crippen MR) is 80.5 cm³/mol. The third kappa shape index (κ3) is 2.82. The van der Waals surface area contributed by atoms with E-state index in [0.29, 0.717) is 6.04 Å². The summed E-state index contributed by atoms with van der Waals surface area (Å²) in [5.74, 6) is 0. The molecule has 2 aromatic rings. The number of benzene rings is 1. The van der Waals surface area contributed by atoms with Gasteiger partial charge >= 0.3 is 0 Å². The molecule has 2 heteroatoms. The summed E-state index contributed by atoms with van der Waals surface area (Å²) >= 11 is 1.88. The zero-order chi connectivity index (χ0) is 13.1. The Kier molecular flexibility index (Phi) is 4.20. The smallest absolute Gasteiger partial charge is 0.0671 e. The van der Waals surface area contributed by atoms with Crippen LogP contribution in [0.5, 0.6) is 0 Å². The van der Waals surface area contributed by atoms with E-state index in [4.69, 9.17) is 0 Å². The molecule has 1 aromatic heterocycles. The normalized spacial score (nSPS) is 12.7. The lowest BCUT2D eigenvalue weighted by Gasteiger charge is -2.18. The van der Waals surface area contributed by atoms with Crippen LogP contribution in [0.2, 0.25) is 0 Å². The highest BCUT2D eigenvalue weighted by Crippen LogP contribution is 2.29. The maximum atomic E-state index is 3.59. The number of nitrogens with one attached hydrogen (secondary N) is 1. The number of hydrogen-bond donors (Lipinski definition) is 1. The van der Waals surface area contributed by atoms with Gasteiger partial charge < -0.3 is 5.32 Å². The molecule has 0 amide bonds. The molecule has 0 fully saturated rings. The molecule has 0 aliphatic carbocycles. The Morgan fingerprint density at radius 2 is 1.83 bits per heavy atom. The van der Waals surface area contributed by atoms with Gasteiger partial charge in [0.1, 0.15) is 0 Å². The summed E-state index contributed by atoms with van der Waals surface area (Å²) in [6, 6.07) is 11.5. The van der Waals surface area contributed by atoms with E-state index in [1.807, 2.05) is 11.3 Å². The van der Waals surface area contributed by atoms with E-state index in [0.717, 1.165) is 6.54 Å². The molecule has 18 heavy (non-hydrogen) atoms. The van der Waals surface area contributed by atoms with E-state index in [2.05, 4.69) is 63.3 Å². The zero-order valence-electron chi connectivity index (χ0n) is 11.6. The highest BCUT2D eigenvalue weighted by molar-refractivity contribution is 7.12. The lowest BCUT2D eigenvalue weighted by atomic mass is 10.00. The quantitative estimate of drug-likeness (QED) is 0.859. The second-order valence-electron chi connectivity index (χ2n) is 4.78. The van der Waals surface area contributed by atoms with E-state index in [1.165, 1.54) is 26.4 Å². The van der Waals surface area contributed by atoms with E-state index in [-0.39, 0.29) is 0 Å². The van der Waals surface area contributed by atoms with Crippen molar-refractivity contribution in [3.63, 3.8) is 0 Å². The summed E-state index contributed by atoms with van der Waals surface area (Å²) in [5, 5.41) is 3.59. The number of rotatable bonds is 4. The molecule has 1 aromatic carbocycles. The summed E-state index contributed by atoms with van der Waals surface area (Å²) in [6.45, 7) is 9.65. The SMILES string of the molecule is CCNC(c1ccc(C)c(C)c1)c1ccc(C)s1. The van der Waals surface area contributed by atoms with Crippen molar-refractivity contribution in [1.82, 2.24) is 5.32 Å². The number of thiophene rings is 1. The van der Waals surface area contributed by atoms with Crippen molar-refractivity contribution in [3.05, 3.63) is 56.8 Å². The van der Waals surface area contributed by atoms with Crippen LogP contribution in [0.15, 0.2) is 30.3 Å². The van der Waals surface area contributed by atoms with Crippen LogP contribution in [0.4, 0.5) is 0 Å². The third-order valence-corrected chi connectivity index (χ3v) is 4.38. The number of aryl methyl sites for hydroxylation is 3. The Bertz CT molecular complexity index is 528. The van der Waals surface area contributed by atoms with Gasteiger partial charge in [-0.25, -0.2) is 0 Å². The molecule has 0 spiro atoms. The molecule has 0 bridgehead atoms. The molecular weight excluding hydrogens is 238 g/mol. The van der Waals surface area contributed by atoms with Gasteiger partial charge in [-0.1, -0.05) is 25.1 Å². The van der Waals surface area contributed by atoms with E-state index in [1.54, 1.807) is 0 Å². The average molecular weight is 259 g/mol. The summed E-state index contributed by atoms with van der Waals surface area (Å²) in [7, 11) is 0. The van der Waals surface area contributed by atoms with Crippen molar-refractivity contribution in [2.45, 2.75) is 33.7 Å². The van der Waals surface area contributed by atoms with Crippen LogP contribution in [-0.2, 0) is 0 Å². The molecule has 0 radical (unpaired) electrons. The van der Waals surface area contributed by atoms with Gasteiger partial charge in [0.15, 0.2) is 0 Å². The second-order valence-corrected chi connectivity index (χ2v) is 6.10. The minimum absolute atomic E-state index is 0.327. The van der Waals surface area contributed by atoms with Gasteiger partial charge in [0.05, 0.1) is 6.04 Å². The molecule has 2 rings (SSSR count). The van der Waals surface area contributed by atoms with Crippen LogP contribution in [0.25, 0.3) is 0 Å². The Labute approximate surface area is 114 Å². The van der Waals surface area contributed by atoms with Gasteiger partial charge in [-0.2, -0.15) is 0 Å². The molecule has 0 aliphatic rings. The average Bonchev–Trinajstić information content (AvgIpc) is 2.76. The van der Waals surface area contributed by atoms with Crippen molar-refractivity contribution in [2.24, 2.45) is 0 Å². The predicted octanol–water partition coefficient (Wildman–Crippen LogP) is 4.37. The molecular formula is C16H21NS. The molecule has 1 unspecified atom stereocenters. The van der Waals surface area contributed by atoms with Gasteiger partial charge in [0.2, 0.25) is 0 Å². The Morgan fingerprint density at radius 1 is 1.06 bits per heavy atom. The highest BCUT2D eigenvalue weighted by Gasteiger charge is 2.15. The lowest BCUT2D eigenvalue weighted by molar-refractivity contribution is 0.639. The monoisotopic (exact) mass is 259 g/mol. The van der Waals surface area contributed by atoms with E-state index in [9.17, 15) is 0 Å². The van der Waals surface area contributed by atoms with Gasteiger partial charge in [-0.15, -0.1) is 11.3 Å². The zero-order valence-corrected chi connectivity index (χ0v) is 12.4. The summed E-state index contributed by atoms with van der Waals surface area (Å²) in [5.41, 5.74) is 4.09. The minimum Gasteiger partial charge on any atom is -0.306 e. The first-order valence-electron chi connectivity index (χ1n) is 6.48. The molecule has 1 atom stereocenters. The van der Waals surface area contributed by atoms with Crippen LogP contribution in [0.3, 0.4) is 0 Å². The fourth-order valence-electron chi connectivity index (χ4n) is 2.14. The summed E-state index contributed by atoms with van der Waals surface area (Å²) < 4.78 is 0. The fourth-order valence-corrected chi connectivity index (χ4v) is 3.12. The van der Waals surface area contributed by atoms with E-state index >= 15 is 0 Å².